The Hall–Kier alpha value is -3.58. The number of amides is 1. The molecule has 1 aliphatic heterocycles. The first-order valence-corrected chi connectivity index (χ1v) is 12.5. The number of ether oxygens (including phenoxy) is 2. The van der Waals surface area contributed by atoms with Gasteiger partial charge in [-0.15, -0.1) is 0 Å². The Morgan fingerprint density at radius 1 is 0.917 bits per heavy atom. The van der Waals surface area contributed by atoms with Gasteiger partial charge in [0.1, 0.15) is 5.76 Å². The predicted octanol–water partition coefficient (Wildman–Crippen LogP) is 5.69. The highest BCUT2D eigenvalue weighted by Gasteiger charge is 2.45. The molecule has 0 aromatic heterocycles. The standard InChI is InChI=1S/C29H28BrNO5/c1-4-18-5-8-20(9-6-18)26-25(27(32)21-10-12-22(30)13-11-21)28(33)29(34)31(26)16-15-19-7-14-23(35-2)24(17-19)36-3/h5-14,17,26,32H,4,15-16H2,1-3H3/b27-25-. The van der Waals surface area contributed by atoms with Crippen molar-refractivity contribution in [3.63, 3.8) is 0 Å². The number of rotatable bonds is 8. The summed E-state index contributed by atoms with van der Waals surface area (Å²) in [7, 11) is 3.15. The SMILES string of the molecule is CCc1ccc(C2/C(=C(/O)c3ccc(Br)cc3)C(=O)C(=O)N2CCc2ccc(OC)c(OC)c2)cc1. The average Bonchev–Trinajstić information content (AvgIpc) is 3.16. The van der Waals surface area contributed by atoms with Crippen LogP contribution in [0.3, 0.4) is 0 Å². The van der Waals surface area contributed by atoms with Gasteiger partial charge in [0.2, 0.25) is 0 Å². The Balaban J connectivity index is 1.74. The van der Waals surface area contributed by atoms with Crippen molar-refractivity contribution in [2.45, 2.75) is 25.8 Å². The van der Waals surface area contributed by atoms with Gasteiger partial charge in [0.05, 0.1) is 25.8 Å². The van der Waals surface area contributed by atoms with Crippen LogP contribution in [0.25, 0.3) is 5.76 Å². The molecule has 7 heteroatoms. The van der Waals surface area contributed by atoms with Crippen LogP contribution in [0.5, 0.6) is 11.5 Å². The van der Waals surface area contributed by atoms with Crippen molar-refractivity contribution in [3.05, 3.63) is 99.0 Å². The molecule has 1 N–H and O–H groups in total. The number of likely N-dealkylation sites (tertiary alicyclic amines) is 1. The van der Waals surface area contributed by atoms with Crippen LogP contribution in [0.2, 0.25) is 0 Å². The van der Waals surface area contributed by atoms with Gasteiger partial charge in [-0.05, 0) is 53.8 Å². The minimum atomic E-state index is -0.695. The lowest BCUT2D eigenvalue weighted by atomic mass is 9.94. The summed E-state index contributed by atoms with van der Waals surface area (Å²) < 4.78 is 11.6. The van der Waals surface area contributed by atoms with E-state index in [0.717, 1.165) is 27.6 Å². The van der Waals surface area contributed by atoms with E-state index in [1.807, 2.05) is 42.5 Å². The molecule has 3 aromatic carbocycles. The number of Topliss-reactive ketones (excluding diaryl/α,β-unsaturated/α-hetero) is 1. The number of carbonyl (C=O) groups is 2. The van der Waals surface area contributed by atoms with E-state index in [4.69, 9.17) is 9.47 Å². The fourth-order valence-electron chi connectivity index (χ4n) is 4.44. The number of hydrogen-bond acceptors (Lipinski definition) is 5. The van der Waals surface area contributed by atoms with E-state index < -0.39 is 17.7 Å². The van der Waals surface area contributed by atoms with Crippen molar-refractivity contribution in [1.82, 2.24) is 4.90 Å². The topological polar surface area (TPSA) is 76.1 Å². The number of halogens is 1. The lowest BCUT2D eigenvalue weighted by molar-refractivity contribution is -0.139. The van der Waals surface area contributed by atoms with Gasteiger partial charge < -0.3 is 19.5 Å². The monoisotopic (exact) mass is 549 g/mol. The number of aliphatic hydroxyl groups excluding tert-OH is 1. The predicted molar refractivity (Wildman–Crippen MR) is 142 cm³/mol. The van der Waals surface area contributed by atoms with E-state index in [0.29, 0.717) is 23.5 Å². The summed E-state index contributed by atoms with van der Waals surface area (Å²) >= 11 is 3.39. The van der Waals surface area contributed by atoms with E-state index in [2.05, 4.69) is 22.9 Å². The van der Waals surface area contributed by atoms with E-state index in [1.54, 1.807) is 43.4 Å². The molecule has 4 rings (SSSR count). The van der Waals surface area contributed by atoms with Gasteiger partial charge >= 0.3 is 0 Å². The molecule has 1 amide bonds. The quantitative estimate of drug-likeness (QED) is 0.222. The second kappa shape index (κ2) is 11.0. The van der Waals surface area contributed by atoms with Crippen LogP contribution < -0.4 is 9.47 Å². The summed E-state index contributed by atoms with van der Waals surface area (Å²) in [6, 6.07) is 19.7. The highest BCUT2D eigenvalue weighted by Crippen LogP contribution is 2.40. The number of benzene rings is 3. The fraction of sp³-hybridized carbons (Fsp3) is 0.241. The Morgan fingerprint density at radius 3 is 2.17 bits per heavy atom. The molecule has 1 fully saturated rings. The molecule has 36 heavy (non-hydrogen) atoms. The van der Waals surface area contributed by atoms with Gasteiger partial charge in [0, 0.05) is 16.6 Å². The van der Waals surface area contributed by atoms with Crippen LogP contribution in [-0.2, 0) is 22.4 Å². The molecule has 1 saturated heterocycles. The highest BCUT2D eigenvalue weighted by molar-refractivity contribution is 9.10. The number of carbonyl (C=O) groups excluding carboxylic acids is 2. The number of nitrogens with zero attached hydrogens (tertiary/aromatic N) is 1. The van der Waals surface area contributed by atoms with E-state index >= 15 is 0 Å². The fourth-order valence-corrected chi connectivity index (χ4v) is 4.71. The lowest BCUT2D eigenvalue weighted by Crippen LogP contribution is -2.31. The highest BCUT2D eigenvalue weighted by atomic mass is 79.9. The van der Waals surface area contributed by atoms with E-state index in [-0.39, 0.29) is 17.9 Å². The molecule has 6 nitrogen and oxygen atoms in total. The van der Waals surface area contributed by atoms with Crippen LogP contribution in [0.4, 0.5) is 0 Å². The maximum absolute atomic E-state index is 13.2. The third-order valence-corrected chi connectivity index (χ3v) is 6.98. The van der Waals surface area contributed by atoms with Gasteiger partial charge in [-0.1, -0.05) is 65.3 Å². The van der Waals surface area contributed by atoms with Crippen LogP contribution in [-0.4, -0.2) is 42.5 Å². The van der Waals surface area contributed by atoms with Crippen LogP contribution in [0.1, 0.15) is 35.2 Å². The van der Waals surface area contributed by atoms with Gasteiger partial charge in [-0.3, -0.25) is 9.59 Å². The minimum absolute atomic E-state index is 0.0962. The van der Waals surface area contributed by atoms with Gasteiger partial charge in [-0.25, -0.2) is 0 Å². The van der Waals surface area contributed by atoms with Crippen LogP contribution in [0, 0.1) is 0 Å². The number of aryl methyl sites for hydroxylation is 1. The maximum Gasteiger partial charge on any atom is 0.295 e. The Morgan fingerprint density at radius 2 is 1.56 bits per heavy atom. The zero-order valence-electron chi connectivity index (χ0n) is 20.5. The van der Waals surface area contributed by atoms with Crippen molar-refractivity contribution < 1.29 is 24.2 Å². The Kier molecular flexibility index (Phi) is 7.79. The summed E-state index contributed by atoms with van der Waals surface area (Å²) in [5.74, 6) is -0.281. The summed E-state index contributed by atoms with van der Waals surface area (Å²) in [5, 5.41) is 11.2. The maximum atomic E-state index is 13.2. The Labute approximate surface area is 219 Å². The van der Waals surface area contributed by atoms with Crippen molar-refractivity contribution >= 4 is 33.4 Å². The largest absolute Gasteiger partial charge is 0.507 e. The molecule has 0 radical (unpaired) electrons. The van der Waals surface area contributed by atoms with Crippen molar-refractivity contribution in [2.24, 2.45) is 0 Å². The van der Waals surface area contributed by atoms with Crippen LogP contribution in [0.15, 0.2) is 76.8 Å². The molecular weight excluding hydrogens is 522 g/mol. The summed E-state index contributed by atoms with van der Waals surface area (Å²) in [6.45, 7) is 2.36. The third-order valence-electron chi connectivity index (χ3n) is 6.45. The second-order valence-corrected chi connectivity index (χ2v) is 9.45. The number of aliphatic hydroxyl groups is 1. The number of ketones is 1. The Bertz CT molecular complexity index is 1300. The molecule has 1 atom stereocenters. The molecule has 3 aromatic rings. The molecule has 0 spiro atoms. The third kappa shape index (κ3) is 5.02. The smallest absolute Gasteiger partial charge is 0.295 e. The normalized spacial score (nSPS) is 16.9. The lowest BCUT2D eigenvalue weighted by Gasteiger charge is -2.25. The molecule has 186 valence electrons. The zero-order chi connectivity index (χ0) is 25.8. The molecular formula is C29H28BrNO5. The van der Waals surface area contributed by atoms with Gasteiger partial charge in [-0.2, -0.15) is 0 Å². The summed E-state index contributed by atoms with van der Waals surface area (Å²) in [4.78, 5) is 28.0. The molecule has 1 aliphatic rings. The second-order valence-electron chi connectivity index (χ2n) is 8.53. The molecule has 0 aliphatic carbocycles. The van der Waals surface area contributed by atoms with E-state index in [9.17, 15) is 14.7 Å². The van der Waals surface area contributed by atoms with Crippen LogP contribution >= 0.6 is 15.9 Å². The van der Waals surface area contributed by atoms with E-state index in [1.165, 1.54) is 0 Å². The van der Waals surface area contributed by atoms with Gasteiger partial charge in [0.25, 0.3) is 11.7 Å². The molecule has 1 heterocycles. The first-order chi connectivity index (χ1) is 17.4. The first kappa shape index (κ1) is 25.5. The van der Waals surface area contributed by atoms with Crippen molar-refractivity contribution in [3.8, 4) is 11.5 Å². The minimum Gasteiger partial charge on any atom is -0.507 e. The van der Waals surface area contributed by atoms with Crippen molar-refractivity contribution in [1.29, 1.82) is 0 Å². The first-order valence-electron chi connectivity index (χ1n) is 11.7. The van der Waals surface area contributed by atoms with Gasteiger partial charge in [0.15, 0.2) is 11.5 Å². The number of methoxy groups -OCH3 is 2. The van der Waals surface area contributed by atoms with Crippen molar-refractivity contribution in [2.75, 3.05) is 20.8 Å². The molecule has 0 saturated carbocycles. The molecule has 1 unspecified atom stereocenters. The summed E-state index contributed by atoms with van der Waals surface area (Å²) in [5.41, 5.74) is 3.43. The zero-order valence-corrected chi connectivity index (χ0v) is 22.0. The summed E-state index contributed by atoms with van der Waals surface area (Å²) in [6.07, 6.45) is 1.37. The average molecular weight is 550 g/mol. The molecule has 0 bridgehead atoms. The number of hydrogen-bond donors (Lipinski definition) is 1.